The van der Waals surface area contributed by atoms with Crippen molar-refractivity contribution in [1.29, 1.82) is 0 Å². The first kappa shape index (κ1) is 14.1. The largest absolute Gasteiger partial charge is 0.296 e. The Morgan fingerprint density at radius 3 is 3.00 bits per heavy atom. The smallest absolute Gasteiger partial charge is 0.257 e. The third kappa shape index (κ3) is 3.25. The molecule has 0 radical (unpaired) electrons. The van der Waals surface area contributed by atoms with Crippen LogP contribution in [0.15, 0.2) is 23.7 Å². The van der Waals surface area contributed by atoms with Crippen LogP contribution in [0.1, 0.15) is 29.2 Å². The standard InChI is InChI=1S/C14H14N4OS2/c1-8(2)5-12-17-18-14(21-12)16-13(19)9-3-4-10-11(6-9)20-7-15-10/h3-4,6-8H,5H2,1-2H3,(H,16,18,19). The number of hydrogen-bond donors (Lipinski definition) is 1. The van der Waals surface area contributed by atoms with Crippen molar-refractivity contribution in [2.75, 3.05) is 5.32 Å². The van der Waals surface area contributed by atoms with Crippen molar-refractivity contribution in [2.24, 2.45) is 5.92 Å². The predicted molar refractivity (Wildman–Crippen MR) is 86.0 cm³/mol. The summed E-state index contributed by atoms with van der Waals surface area (Å²) < 4.78 is 1.00. The van der Waals surface area contributed by atoms with E-state index in [0.29, 0.717) is 16.6 Å². The average Bonchev–Trinajstić information content (AvgIpc) is 3.06. The number of anilines is 1. The van der Waals surface area contributed by atoms with Crippen LogP contribution in [0.3, 0.4) is 0 Å². The van der Waals surface area contributed by atoms with Crippen molar-refractivity contribution in [1.82, 2.24) is 15.2 Å². The van der Waals surface area contributed by atoms with E-state index >= 15 is 0 Å². The zero-order chi connectivity index (χ0) is 14.8. The van der Waals surface area contributed by atoms with E-state index in [1.54, 1.807) is 11.6 Å². The van der Waals surface area contributed by atoms with Crippen LogP contribution in [0.2, 0.25) is 0 Å². The van der Waals surface area contributed by atoms with Crippen molar-refractivity contribution < 1.29 is 4.79 Å². The molecule has 2 aromatic heterocycles. The number of rotatable bonds is 4. The lowest BCUT2D eigenvalue weighted by atomic mass is 10.1. The fraction of sp³-hybridized carbons (Fsp3) is 0.286. The van der Waals surface area contributed by atoms with Crippen LogP contribution in [0.5, 0.6) is 0 Å². The summed E-state index contributed by atoms with van der Waals surface area (Å²) in [6, 6.07) is 5.47. The molecule has 0 aliphatic rings. The number of aromatic nitrogens is 3. The molecule has 0 aliphatic heterocycles. The monoisotopic (exact) mass is 318 g/mol. The van der Waals surface area contributed by atoms with Crippen LogP contribution in [0, 0.1) is 5.92 Å². The van der Waals surface area contributed by atoms with Gasteiger partial charge in [-0.2, -0.15) is 0 Å². The van der Waals surface area contributed by atoms with Crippen molar-refractivity contribution in [3.8, 4) is 0 Å². The molecule has 0 atom stereocenters. The maximum absolute atomic E-state index is 12.2. The van der Waals surface area contributed by atoms with Gasteiger partial charge < -0.3 is 0 Å². The minimum atomic E-state index is -0.169. The number of carbonyl (C=O) groups excluding carboxylic acids is 1. The second-order valence-corrected chi connectivity index (χ2v) is 7.04. The first-order valence-corrected chi connectivity index (χ1v) is 8.28. The summed E-state index contributed by atoms with van der Waals surface area (Å²) in [7, 11) is 0. The molecule has 108 valence electrons. The normalized spacial score (nSPS) is 11.2. The molecule has 0 saturated heterocycles. The van der Waals surface area contributed by atoms with E-state index in [9.17, 15) is 4.79 Å². The number of fused-ring (bicyclic) bond motifs is 1. The molecule has 1 amide bonds. The first-order chi connectivity index (χ1) is 10.1. The highest BCUT2D eigenvalue weighted by atomic mass is 32.1. The zero-order valence-electron chi connectivity index (χ0n) is 11.7. The van der Waals surface area contributed by atoms with Crippen LogP contribution >= 0.6 is 22.7 Å². The molecule has 7 heteroatoms. The van der Waals surface area contributed by atoms with E-state index in [1.165, 1.54) is 22.7 Å². The van der Waals surface area contributed by atoms with Crippen LogP contribution in [-0.4, -0.2) is 21.1 Å². The molecule has 1 N–H and O–H groups in total. The lowest BCUT2D eigenvalue weighted by molar-refractivity contribution is 0.102. The maximum Gasteiger partial charge on any atom is 0.257 e. The summed E-state index contributed by atoms with van der Waals surface area (Å²) in [6.45, 7) is 4.26. The Labute approximate surface area is 130 Å². The van der Waals surface area contributed by atoms with Gasteiger partial charge in [-0.3, -0.25) is 10.1 Å². The van der Waals surface area contributed by atoms with Gasteiger partial charge in [0.25, 0.3) is 5.91 Å². The Bertz CT molecular complexity index is 778. The topological polar surface area (TPSA) is 67.8 Å². The van der Waals surface area contributed by atoms with Crippen LogP contribution < -0.4 is 5.32 Å². The SMILES string of the molecule is CC(C)Cc1nnc(NC(=O)c2ccc3ncsc3c2)s1. The summed E-state index contributed by atoms with van der Waals surface area (Å²) >= 11 is 2.95. The molecular weight excluding hydrogens is 304 g/mol. The molecule has 0 aliphatic carbocycles. The average molecular weight is 318 g/mol. The number of benzene rings is 1. The summed E-state index contributed by atoms with van der Waals surface area (Å²) in [6.07, 6.45) is 0.875. The van der Waals surface area contributed by atoms with Crippen LogP contribution in [0.4, 0.5) is 5.13 Å². The lowest BCUT2D eigenvalue weighted by Crippen LogP contribution is -2.11. The van der Waals surface area contributed by atoms with Gasteiger partial charge in [-0.25, -0.2) is 4.98 Å². The fourth-order valence-corrected chi connectivity index (χ4v) is 3.56. The molecule has 21 heavy (non-hydrogen) atoms. The highest BCUT2D eigenvalue weighted by Gasteiger charge is 2.12. The lowest BCUT2D eigenvalue weighted by Gasteiger charge is -2.01. The van der Waals surface area contributed by atoms with Crippen molar-refractivity contribution >= 4 is 43.9 Å². The first-order valence-electron chi connectivity index (χ1n) is 6.59. The molecule has 0 spiro atoms. The third-order valence-corrected chi connectivity index (χ3v) is 4.52. The Kier molecular flexibility index (Phi) is 3.94. The summed E-state index contributed by atoms with van der Waals surface area (Å²) in [5.41, 5.74) is 3.29. The van der Waals surface area contributed by atoms with Crippen molar-refractivity contribution in [2.45, 2.75) is 20.3 Å². The van der Waals surface area contributed by atoms with Gasteiger partial charge in [0.15, 0.2) is 0 Å². The third-order valence-electron chi connectivity index (χ3n) is 2.86. The number of nitrogens with zero attached hydrogens (tertiary/aromatic N) is 3. The minimum Gasteiger partial charge on any atom is -0.296 e. The molecule has 5 nitrogen and oxygen atoms in total. The predicted octanol–water partition coefficient (Wildman–Crippen LogP) is 3.60. The van der Waals surface area contributed by atoms with E-state index in [1.807, 2.05) is 12.1 Å². The van der Waals surface area contributed by atoms with E-state index < -0.39 is 0 Å². The second-order valence-electron chi connectivity index (χ2n) is 5.09. The van der Waals surface area contributed by atoms with Gasteiger partial charge in [0, 0.05) is 12.0 Å². The van der Waals surface area contributed by atoms with Gasteiger partial charge in [-0.1, -0.05) is 25.2 Å². The molecule has 0 unspecified atom stereocenters. The van der Waals surface area contributed by atoms with Gasteiger partial charge in [-0.15, -0.1) is 21.5 Å². The zero-order valence-corrected chi connectivity index (χ0v) is 13.3. The van der Waals surface area contributed by atoms with Crippen LogP contribution in [-0.2, 0) is 6.42 Å². The molecule has 3 aromatic rings. The van der Waals surface area contributed by atoms with Gasteiger partial charge >= 0.3 is 0 Å². The Morgan fingerprint density at radius 2 is 2.19 bits per heavy atom. The fourth-order valence-electron chi connectivity index (χ4n) is 1.90. The highest BCUT2D eigenvalue weighted by Crippen LogP contribution is 2.21. The van der Waals surface area contributed by atoms with Gasteiger partial charge in [0.2, 0.25) is 5.13 Å². The van der Waals surface area contributed by atoms with E-state index in [4.69, 9.17) is 0 Å². The van der Waals surface area contributed by atoms with Gasteiger partial charge in [0.1, 0.15) is 5.01 Å². The number of thiazole rings is 1. The molecule has 0 saturated carbocycles. The molecule has 0 fully saturated rings. The molecule has 3 rings (SSSR count). The highest BCUT2D eigenvalue weighted by molar-refractivity contribution is 7.16. The van der Waals surface area contributed by atoms with Gasteiger partial charge in [-0.05, 0) is 24.1 Å². The molecular formula is C14H14N4OS2. The number of hydrogen-bond acceptors (Lipinski definition) is 6. The summed E-state index contributed by atoms with van der Waals surface area (Å²) in [4.78, 5) is 16.4. The number of carbonyl (C=O) groups is 1. The van der Waals surface area contributed by atoms with E-state index in [-0.39, 0.29) is 5.91 Å². The molecule has 2 heterocycles. The Morgan fingerprint density at radius 1 is 1.33 bits per heavy atom. The van der Waals surface area contributed by atoms with E-state index in [0.717, 1.165) is 21.6 Å². The summed E-state index contributed by atoms with van der Waals surface area (Å²) in [5.74, 6) is 0.354. The Balaban J connectivity index is 1.74. The van der Waals surface area contributed by atoms with Gasteiger partial charge in [0.05, 0.1) is 15.7 Å². The second kappa shape index (κ2) is 5.87. The maximum atomic E-state index is 12.2. The van der Waals surface area contributed by atoms with E-state index in [2.05, 4.69) is 34.3 Å². The quantitative estimate of drug-likeness (QED) is 0.798. The Hall–Kier alpha value is -1.86. The van der Waals surface area contributed by atoms with Crippen molar-refractivity contribution in [3.63, 3.8) is 0 Å². The summed E-state index contributed by atoms with van der Waals surface area (Å²) in [5, 5.41) is 12.4. The molecule has 1 aromatic carbocycles. The number of nitrogens with one attached hydrogen (secondary N) is 1. The number of amides is 1. The molecule has 0 bridgehead atoms. The van der Waals surface area contributed by atoms with Crippen LogP contribution in [0.25, 0.3) is 10.2 Å². The van der Waals surface area contributed by atoms with Crippen molar-refractivity contribution in [3.05, 3.63) is 34.3 Å². The minimum absolute atomic E-state index is 0.169.